The average molecular weight is 569 g/mol. The van der Waals surface area contributed by atoms with Gasteiger partial charge in [-0.25, -0.2) is 4.39 Å². The van der Waals surface area contributed by atoms with Crippen LogP contribution in [0.1, 0.15) is 11.1 Å². The van der Waals surface area contributed by atoms with E-state index in [1.165, 1.54) is 23.1 Å². The molecule has 0 atom stereocenters. The van der Waals surface area contributed by atoms with E-state index in [9.17, 15) is 9.18 Å². The smallest absolute Gasteiger partial charge is 0.270 e. The average Bonchev–Trinajstić information content (AvgIpc) is 3.03. The maximum Gasteiger partial charge on any atom is 0.270 e. The van der Waals surface area contributed by atoms with Crippen molar-refractivity contribution in [2.24, 2.45) is 0 Å². The van der Waals surface area contributed by atoms with Gasteiger partial charge in [0.2, 0.25) is 0 Å². The molecule has 0 bridgehead atoms. The molecule has 1 aliphatic rings. The molecule has 3 nitrogen and oxygen atoms in total. The number of rotatable bonds is 5. The van der Waals surface area contributed by atoms with Crippen LogP contribution in [-0.4, -0.2) is 10.2 Å². The standard InChI is InChI=1S/C23H13BrCl2FNO2S2/c24-15-3-8-20(30-12-13-1-4-16(25)5-2-13)14(9-15)10-21-22(29)28(23(31)32-21)17-6-7-19(27)18(26)11-17/h1-11H,12H2/b21-10+. The highest BCUT2D eigenvalue weighted by Gasteiger charge is 2.33. The molecule has 3 aromatic rings. The second kappa shape index (κ2) is 9.93. The van der Waals surface area contributed by atoms with Gasteiger partial charge in [-0.15, -0.1) is 0 Å². The Labute approximate surface area is 212 Å². The molecule has 1 amide bonds. The van der Waals surface area contributed by atoms with Gasteiger partial charge in [0.25, 0.3) is 5.91 Å². The number of anilines is 1. The van der Waals surface area contributed by atoms with Gasteiger partial charge in [0, 0.05) is 15.1 Å². The van der Waals surface area contributed by atoms with Crippen molar-refractivity contribution in [1.29, 1.82) is 0 Å². The first-order valence-electron chi connectivity index (χ1n) is 9.21. The van der Waals surface area contributed by atoms with E-state index in [2.05, 4.69) is 15.9 Å². The largest absolute Gasteiger partial charge is 0.488 e. The normalized spacial score (nSPS) is 15.0. The molecule has 0 spiro atoms. The second-order valence-corrected chi connectivity index (χ2v) is 10.1. The number of carbonyl (C=O) groups excluding carboxylic acids is 1. The zero-order valence-corrected chi connectivity index (χ0v) is 20.9. The molecule has 1 saturated heterocycles. The molecular weight excluding hydrogens is 556 g/mol. The van der Waals surface area contributed by atoms with Crippen LogP contribution in [0.4, 0.5) is 10.1 Å². The summed E-state index contributed by atoms with van der Waals surface area (Å²) in [4.78, 5) is 14.8. The van der Waals surface area contributed by atoms with Gasteiger partial charge in [-0.3, -0.25) is 9.69 Å². The Morgan fingerprint density at radius 3 is 2.56 bits per heavy atom. The van der Waals surface area contributed by atoms with E-state index in [1.807, 2.05) is 30.3 Å². The lowest BCUT2D eigenvalue weighted by Gasteiger charge is -2.15. The predicted octanol–water partition coefficient (Wildman–Crippen LogP) is 7.88. The highest BCUT2D eigenvalue weighted by Crippen LogP contribution is 2.38. The number of hydrogen-bond acceptors (Lipinski definition) is 4. The Morgan fingerprint density at radius 2 is 1.84 bits per heavy atom. The molecule has 0 saturated carbocycles. The summed E-state index contributed by atoms with van der Waals surface area (Å²) in [7, 11) is 0. The molecule has 0 N–H and O–H groups in total. The number of amides is 1. The Balaban J connectivity index is 1.60. The Kier molecular flexibility index (Phi) is 7.22. The third-order valence-electron chi connectivity index (χ3n) is 4.52. The van der Waals surface area contributed by atoms with E-state index in [0.29, 0.717) is 37.9 Å². The third kappa shape index (κ3) is 5.18. The number of carbonyl (C=O) groups is 1. The molecule has 0 aromatic heterocycles. The van der Waals surface area contributed by atoms with Gasteiger partial charge < -0.3 is 4.74 Å². The van der Waals surface area contributed by atoms with E-state index in [1.54, 1.807) is 18.2 Å². The molecule has 9 heteroatoms. The van der Waals surface area contributed by atoms with Gasteiger partial charge in [-0.2, -0.15) is 0 Å². The minimum atomic E-state index is -0.562. The molecule has 162 valence electrons. The molecular formula is C23H13BrCl2FNO2S2. The van der Waals surface area contributed by atoms with E-state index in [-0.39, 0.29) is 10.9 Å². The number of hydrogen-bond donors (Lipinski definition) is 0. The lowest BCUT2D eigenvalue weighted by atomic mass is 10.1. The number of thiocarbonyl (C=S) groups is 1. The van der Waals surface area contributed by atoms with Gasteiger partial charge >= 0.3 is 0 Å². The Bertz CT molecular complexity index is 1250. The number of thioether (sulfide) groups is 1. The fourth-order valence-corrected chi connectivity index (χ4v) is 4.93. The van der Waals surface area contributed by atoms with Gasteiger partial charge in [-0.05, 0) is 60.2 Å². The van der Waals surface area contributed by atoms with Crippen molar-refractivity contribution < 1.29 is 13.9 Å². The summed E-state index contributed by atoms with van der Waals surface area (Å²) in [5.74, 6) is -0.266. The topological polar surface area (TPSA) is 29.5 Å². The lowest BCUT2D eigenvalue weighted by molar-refractivity contribution is -0.113. The first-order valence-corrected chi connectivity index (χ1v) is 12.0. The zero-order chi connectivity index (χ0) is 22.8. The first-order chi connectivity index (χ1) is 15.3. The minimum Gasteiger partial charge on any atom is -0.488 e. The van der Waals surface area contributed by atoms with Crippen LogP contribution in [0.3, 0.4) is 0 Å². The van der Waals surface area contributed by atoms with Gasteiger partial charge in [-0.1, -0.05) is 75.2 Å². The summed E-state index contributed by atoms with van der Waals surface area (Å²) >= 11 is 21.8. The van der Waals surface area contributed by atoms with Crippen LogP contribution in [0, 0.1) is 5.82 Å². The summed E-state index contributed by atoms with van der Waals surface area (Å²) < 4.78 is 20.7. The van der Waals surface area contributed by atoms with Crippen molar-refractivity contribution in [3.8, 4) is 5.75 Å². The van der Waals surface area contributed by atoms with Crippen LogP contribution in [-0.2, 0) is 11.4 Å². The molecule has 32 heavy (non-hydrogen) atoms. The van der Waals surface area contributed by atoms with E-state index in [4.69, 9.17) is 40.2 Å². The molecule has 1 aliphatic heterocycles. The van der Waals surface area contributed by atoms with E-state index < -0.39 is 5.82 Å². The van der Waals surface area contributed by atoms with E-state index >= 15 is 0 Å². The van der Waals surface area contributed by atoms with Crippen LogP contribution in [0.5, 0.6) is 5.75 Å². The van der Waals surface area contributed by atoms with Crippen molar-refractivity contribution in [3.63, 3.8) is 0 Å². The molecule has 1 heterocycles. The monoisotopic (exact) mass is 567 g/mol. The molecule has 4 rings (SSSR count). The maximum absolute atomic E-state index is 13.5. The number of halogens is 4. The van der Waals surface area contributed by atoms with E-state index in [0.717, 1.165) is 21.8 Å². The summed E-state index contributed by atoms with van der Waals surface area (Å²) in [6.07, 6.45) is 1.73. The third-order valence-corrected chi connectivity index (χ3v) is 6.86. The van der Waals surface area contributed by atoms with Crippen molar-refractivity contribution >= 4 is 85.1 Å². The van der Waals surface area contributed by atoms with Gasteiger partial charge in [0.1, 0.15) is 18.2 Å². The van der Waals surface area contributed by atoms with Crippen molar-refractivity contribution in [1.82, 2.24) is 0 Å². The molecule has 1 fully saturated rings. The fourth-order valence-electron chi connectivity index (χ4n) is 2.96. The number of nitrogens with zero attached hydrogens (tertiary/aromatic N) is 1. The highest BCUT2D eigenvalue weighted by atomic mass is 79.9. The van der Waals surface area contributed by atoms with Crippen LogP contribution < -0.4 is 9.64 Å². The quantitative estimate of drug-likeness (QED) is 0.231. The summed E-state index contributed by atoms with van der Waals surface area (Å²) in [6.45, 7) is 0.342. The number of benzene rings is 3. The van der Waals surface area contributed by atoms with Crippen LogP contribution >= 0.6 is 63.1 Å². The van der Waals surface area contributed by atoms with Crippen LogP contribution in [0.2, 0.25) is 10.0 Å². The lowest BCUT2D eigenvalue weighted by Crippen LogP contribution is -2.27. The second-order valence-electron chi connectivity index (χ2n) is 6.71. The fraction of sp³-hybridized carbons (Fsp3) is 0.0435. The van der Waals surface area contributed by atoms with Gasteiger partial charge in [0.05, 0.1) is 15.6 Å². The maximum atomic E-state index is 13.5. The summed E-state index contributed by atoms with van der Waals surface area (Å²) in [5, 5.41) is 0.577. The molecule has 0 aliphatic carbocycles. The summed E-state index contributed by atoms with van der Waals surface area (Å²) in [6, 6.07) is 17.0. The minimum absolute atomic E-state index is 0.0783. The predicted molar refractivity (Wildman–Crippen MR) is 137 cm³/mol. The van der Waals surface area contributed by atoms with Crippen LogP contribution in [0.25, 0.3) is 6.08 Å². The molecule has 0 radical (unpaired) electrons. The first kappa shape index (κ1) is 23.3. The van der Waals surface area contributed by atoms with Crippen molar-refractivity contribution in [2.45, 2.75) is 6.61 Å². The Morgan fingerprint density at radius 1 is 1.09 bits per heavy atom. The van der Waals surface area contributed by atoms with Crippen molar-refractivity contribution in [2.75, 3.05) is 4.90 Å². The summed E-state index contributed by atoms with van der Waals surface area (Å²) in [5.41, 5.74) is 2.09. The SMILES string of the molecule is O=C1/C(=C\c2cc(Br)ccc2OCc2ccc(Cl)cc2)SC(=S)N1c1ccc(F)c(Cl)c1. The zero-order valence-electron chi connectivity index (χ0n) is 16.2. The molecule has 3 aromatic carbocycles. The van der Waals surface area contributed by atoms with Gasteiger partial charge in [0.15, 0.2) is 4.32 Å². The van der Waals surface area contributed by atoms with Crippen molar-refractivity contribution in [3.05, 3.63) is 97.0 Å². The molecule has 0 unspecified atom stereocenters. The van der Waals surface area contributed by atoms with Crippen LogP contribution in [0.15, 0.2) is 70.0 Å². The Hall–Kier alpha value is -1.90. The number of ether oxygens (including phenoxy) is 1. The highest BCUT2D eigenvalue weighted by molar-refractivity contribution is 9.10.